The Morgan fingerprint density at radius 1 is 1.40 bits per heavy atom. The maximum Gasteiger partial charge on any atom is 0.265 e. The Hall–Kier alpha value is -1.17. The van der Waals surface area contributed by atoms with E-state index in [9.17, 15) is 4.79 Å². The Morgan fingerprint density at radius 3 is 2.85 bits per heavy atom. The largest absolute Gasteiger partial charge is 0.396 e. The summed E-state index contributed by atoms with van der Waals surface area (Å²) in [6.45, 7) is 2.14. The fraction of sp³-hybridized carbons (Fsp3) is 0.267. The number of aliphatic hydroxyl groups excluding tert-OH is 1. The van der Waals surface area contributed by atoms with Crippen LogP contribution < -0.4 is 5.32 Å². The van der Waals surface area contributed by atoms with Gasteiger partial charge in [0.25, 0.3) is 5.91 Å². The van der Waals surface area contributed by atoms with E-state index in [1.165, 1.54) is 11.3 Å². The number of rotatable bonds is 5. The molecule has 0 spiro atoms. The molecule has 1 aromatic heterocycles. The first-order valence-corrected chi connectivity index (χ1v) is 7.98. The van der Waals surface area contributed by atoms with Gasteiger partial charge in [-0.3, -0.25) is 4.79 Å². The van der Waals surface area contributed by atoms with E-state index in [1.807, 2.05) is 37.3 Å². The normalized spacial score (nSPS) is 10.6. The highest BCUT2D eigenvalue weighted by molar-refractivity contribution is 9.11. The van der Waals surface area contributed by atoms with Gasteiger partial charge in [0.05, 0.1) is 8.66 Å². The zero-order chi connectivity index (χ0) is 14.5. The van der Waals surface area contributed by atoms with Crippen LogP contribution in [0.25, 0.3) is 0 Å². The number of benzene rings is 1. The highest BCUT2D eigenvalue weighted by Gasteiger charge is 2.11. The van der Waals surface area contributed by atoms with Crippen molar-refractivity contribution < 1.29 is 9.90 Å². The first-order valence-electron chi connectivity index (χ1n) is 6.37. The minimum atomic E-state index is -0.0943. The zero-order valence-electron chi connectivity index (χ0n) is 11.1. The number of amides is 1. The van der Waals surface area contributed by atoms with Gasteiger partial charge in [0, 0.05) is 12.3 Å². The van der Waals surface area contributed by atoms with Crippen molar-refractivity contribution >= 4 is 38.9 Å². The molecule has 0 unspecified atom stereocenters. The monoisotopic (exact) mass is 353 g/mol. The van der Waals surface area contributed by atoms with Crippen molar-refractivity contribution in [3.63, 3.8) is 0 Å². The first-order chi connectivity index (χ1) is 9.60. The molecule has 0 radical (unpaired) electrons. The van der Waals surface area contributed by atoms with Crippen LogP contribution >= 0.6 is 27.3 Å². The average molecular weight is 354 g/mol. The minimum absolute atomic E-state index is 0.0943. The van der Waals surface area contributed by atoms with Gasteiger partial charge in [-0.15, -0.1) is 11.3 Å². The number of anilines is 1. The molecule has 1 amide bonds. The number of hydrogen-bond acceptors (Lipinski definition) is 3. The molecule has 2 N–H and O–H groups in total. The summed E-state index contributed by atoms with van der Waals surface area (Å²) in [7, 11) is 0. The Labute approximate surface area is 130 Å². The Morgan fingerprint density at radius 2 is 2.20 bits per heavy atom. The van der Waals surface area contributed by atoms with Gasteiger partial charge in [0.2, 0.25) is 0 Å². The number of halogens is 1. The first kappa shape index (κ1) is 15.2. The van der Waals surface area contributed by atoms with Gasteiger partial charge >= 0.3 is 0 Å². The van der Waals surface area contributed by atoms with E-state index < -0.39 is 0 Å². The van der Waals surface area contributed by atoms with Gasteiger partial charge in [-0.05, 0) is 65.0 Å². The van der Waals surface area contributed by atoms with Crippen molar-refractivity contribution in [1.82, 2.24) is 0 Å². The molecular weight excluding hydrogens is 338 g/mol. The standard InChI is InChI=1S/C15H16BrNO2S/c1-10-8-13(20-14(10)16)15(19)17-12-6-2-4-11(9-12)5-3-7-18/h2,4,6,8-9,18H,3,5,7H2,1H3,(H,17,19). The second-order valence-electron chi connectivity index (χ2n) is 4.55. The molecule has 0 aliphatic heterocycles. The topological polar surface area (TPSA) is 49.3 Å². The molecule has 0 aliphatic carbocycles. The fourth-order valence-electron chi connectivity index (χ4n) is 1.85. The lowest BCUT2D eigenvalue weighted by atomic mass is 10.1. The number of aliphatic hydroxyl groups is 1. The summed E-state index contributed by atoms with van der Waals surface area (Å²) in [6, 6.07) is 9.60. The quantitative estimate of drug-likeness (QED) is 0.853. The van der Waals surface area contributed by atoms with E-state index in [0.29, 0.717) is 4.88 Å². The van der Waals surface area contributed by atoms with Gasteiger partial charge in [0.15, 0.2) is 0 Å². The van der Waals surface area contributed by atoms with Crippen molar-refractivity contribution in [3.05, 3.63) is 50.1 Å². The van der Waals surface area contributed by atoms with Crippen LogP contribution in [-0.2, 0) is 6.42 Å². The number of thiophene rings is 1. The number of nitrogens with one attached hydrogen (secondary N) is 1. The minimum Gasteiger partial charge on any atom is -0.396 e. The summed E-state index contributed by atoms with van der Waals surface area (Å²) in [5.41, 5.74) is 2.96. The van der Waals surface area contributed by atoms with Crippen molar-refractivity contribution in [2.24, 2.45) is 0 Å². The van der Waals surface area contributed by atoms with Crippen LogP contribution in [-0.4, -0.2) is 17.6 Å². The Kier molecular flexibility index (Phi) is 5.34. The third kappa shape index (κ3) is 3.91. The van der Waals surface area contributed by atoms with Gasteiger partial charge < -0.3 is 10.4 Å². The SMILES string of the molecule is Cc1cc(C(=O)Nc2cccc(CCCO)c2)sc1Br. The van der Waals surface area contributed by atoms with Gasteiger partial charge in [-0.2, -0.15) is 0 Å². The van der Waals surface area contributed by atoms with Gasteiger partial charge in [-0.1, -0.05) is 12.1 Å². The van der Waals surface area contributed by atoms with Crippen LogP contribution in [0.2, 0.25) is 0 Å². The second kappa shape index (κ2) is 7.02. The lowest BCUT2D eigenvalue weighted by Crippen LogP contribution is -2.10. The molecule has 0 atom stereocenters. The van der Waals surface area contributed by atoms with Crippen LogP contribution in [0.3, 0.4) is 0 Å². The number of carbonyl (C=O) groups excluding carboxylic acids is 1. The predicted octanol–water partition coefficient (Wildman–Crippen LogP) is 4.00. The second-order valence-corrected chi connectivity index (χ2v) is 6.92. The summed E-state index contributed by atoms with van der Waals surface area (Å²) >= 11 is 4.86. The van der Waals surface area contributed by atoms with E-state index in [-0.39, 0.29) is 12.5 Å². The number of aryl methyl sites for hydroxylation is 2. The molecule has 3 nitrogen and oxygen atoms in total. The summed E-state index contributed by atoms with van der Waals surface area (Å²) in [5, 5.41) is 11.8. The van der Waals surface area contributed by atoms with Crippen LogP contribution in [0, 0.1) is 6.92 Å². The van der Waals surface area contributed by atoms with Crippen molar-refractivity contribution in [2.75, 3.05) is 11.9 Å². The lowest BCUT2D eigenvalue weighted by Gasteiger charge is -2.06. The smallest absolute Gasteiger partial charge is 0.265 e. The molecule has 106 valence electrons. The van der Waals surface area contributed by atoms with E-state index in [2.05, 4.69) is 21.2 Å². The molecule has 0 aliphatic rings. The van der Waals surface area contributed by atoms with Gasteiger partial charge in [0.1, 0.15) is 0 Å². The van der Waals surface area contributed by atoms with Crippen molar-refractivity contribution in [1.29, 1.82) is 0 Å². The summed E-state index contributed by atoms with van der Waals surface area (Å²) in [5.74, 6) is -0.0943. The molecular formula is C15H16BrNO2S. The molecule has 0 saturated carbocycles. The molecule has 5 heteroatoms. The molecule has 20 heavy (non-hydrogen) atoms. The van der Waals surface area contributed by atoms with E-state index in [1.54, 1.807) is 0 Å². The third-order valence-corrected chi connectivity index (χ3v) is 5.02. The molecule has 0 bridgehead atoms. The van der Waals surface area contributed by atoms with E-state index >= 15 is 0 Å². The lowest BCUT2D eigenvalue weighted by molar-refractivity contribution is 0.103. The van der Waals surface area contributed by atoms with Crippen LogP contribution in [0.5, 0.6) is 0 Å². The molecule has 1 aromatic carbocycles. The molecule has 0 saturated heterocycles. The highest BCUT2D eigenvalue weighted by Crippen LogP contribution is 2.28. The zero-order valence-corrected chi connectivity index (χ0v) is 13.6. The van der Waals surface area contributed by atoms with E-state index in [4.69, 9.17) is 5.11 Å². The van der Waals surface area contributed by atoms with Crippen LogP contribution in [0.4, 0.5) is 5.69 Å². The van der Waals surface area contributed by atoms with Gasteiger partial charge in [-0.25, -0.2) is 0 Å². The molecule has 1 heterocycles. The van der Waals surface area contributed by atoms with E-state index in [0.717, 1.165) is 33.4 Å². The maximum atomic E-state index is 12.1. The van der Waals surface area contributed by atoms with Crippen molar-refractivity contribution in [3.8, 4) is 0 Å². The molecule has 2 rings (SSSR count). The Bertz CT molecular complexity index is 590. The van der Waals surface area contributed by atoms with Crippen LogP contribution in [0.15, 0.2) is 34.1 Å². The third-order valence-electron chi connectivity index (χ3n) is 2.89. The summed E-state index contributed by atoms with van der Waals surface area (Å²) in [4.78, 5) is 12.8. The average Bonchev–Trinajstić information content (AvgIpc) is 2.77. The predicted molar refractivity (Wildman–Crippen MR) is 86.6 cm³/mol. The maximum absolute atomic E-state index is 12.1. The van der Waals surface area contributed by atoms with Crippen LogP contribution in [0.1, 0.15) is 27.2 Å². The molecule has 0 fully saturated rings. The van der Waals surface area contributed by atoms with Crippen molar-refractivity contribution in [2.45, 2.75) is 19.8 Å². The Balaban J connectivity index is 2.07. The highest BCUT2D eigenvalue weighted by atomic mass is 79.9. The summed E-state index contributed by atoms with van der Waals surface area (Å²) < 4.78 is 0.986. The number of carbonyl (C=O) groups is 1. The fourth-order valence-corrected chi connectivity index (χ4v) is 3.28. The summed E-state index contributed by atoms with van der Waals surface area (Å²) in [6.07, 6.45) is 1.54. The number of hydrogen-bond donors (Lipinski definition) is 2. The molecule has 2 aromatic rings.